The van der Waals surface area contributed by atoms with E-state index in [0.29, 0.717) is 12.5 Å². The highest BCUT2D eigenvalue weighted by Gasteiger charge is 2.54. The van der Waals surface area contributed by atoms with Gasteiger partial charge in [0.1, 0.15) is 54.9 Å². The van der Waals surface area contributed by atoms with Gasteiger partial charge in [-0.15, -0.1) is 0 Å². The Bertz CT molecular complexity index is 1310. The first-order valence-electron chi connectivity index (χ1n) is 19.2. The van der Waals surface area contributed by atoms with Crippen molar-refractivity contribution in [1.29, 1.82) is 0 Å². The topological polar surface area (TPSA) is 400 Å². The maximum absolute atomic E-state index is 13.1. The van der Waals surface area contributed by atoms with Crippen molar-refractivity contribution >= 4 is 11.7 Å². The van der Waals surface area contributed by atoms with E-state index < -0.39 is 122 Å². The van der Waals surface area contributed by atoms with Gasteiger partial charge in [0, 0.05) is 44.6 Å². The summed E-state index contributed by atoms with van der Waals surface area (Å²) in [5, 5.41) is 68.2. The molecule has 0 spiro atoms. The first kappa shape index (κ1) is 45.1. The normalized spacial score (nSPS) is 44.6. The zero-order valence-electron chi connectivity index (χ0n) is 31.3. The van der Waals surface area contributed by atoms with Crippen LogP contribution in [0.1, 0.15) is 32.1 Å². The Kier molecular flexibility index (Phi) is 16.3. The monoisotopic (exact) mass is 805 g/mol. The second-order valence-electron chi connectivity index (χ2n) is 15.5. The number of nitrogens with two attached hydrogens (primary N) is 7. The molecule has 0 unspecified atom stereocenters. The summed E-state index contributed by atoms with van der Waals surface area (Å²) in [6.07, 6.45) is -12.9. The summed E-state index contributed by atoms with van der Waals surface area (Å²) in [6, 6.07) is -2.67. The highest BCUT2D eigenvalue weighted by molar-refractivity contribution is 5.83. The molecule has 21 N–H and O–H groups in total. The van der Waals surface area contributed by atoms with Crippen molar-refractivity contribution in [3.05, 3.63) is 12.2 Å². The molecule has 0 radical (unpaired) electrons. The highest BCUT2D eigenvalue weighted by atomic mass is 16.8. The smallest absolute Gasteiger partial charge is 0.187 e. The van der Waals surface area contributed by atoms with E-state index >= 15 is 0 Å². The average Bonchev–Trinajstić information content (AvgIpc) is 3.44. The van der Waals surface area contributed by atoms with Crippen molar-refractivity contribution in [2.24, 2.45) is 57.0 Å². The van der Waals surface area contributed by atoms with Crippen molar-refractivity contribution in [1.82, 2.24) is 5.32 Å². The predicted molar refractivity (Wildman–Crippen MR) is 196 cm³/mol. The van der Waals surface area contributed by atoms with E-state index in [1.54, 1.807) is 6.08 Å². The Morgan fingerprint density at radius 1 is 0.821 bits per heavy atom. The van der Waals surface area contributed by atoms with Gasteiger partial charge in [0.15, 0.2) is 30.6 Å². The van der Waals surface area contributed by atoms with Gasteiger partial charge >= 0.3 is 0 Å². The van der Waals surface area contributed by atoms with Crippen LogP contribution in [0.25, 0.3) is 0 Å². The largest absolute Gasteiger partial charge is 0.394 e. The summed E-state index contributed by atoms with van der Waals surface area (Å²) in [5.41, 5.74) is 41.4. The molecule has 2 aliphatic carbocycles. The van der Waals surface area contributed by atoms with Gasteiger partial charge in [0.05, 0.1) is 30.9 Å². The Morgan fingerprint density at radius 3 is 2.16 bits per heavy atom. The summed E-state index contributed by atoms with van der Waals surface area (Å²) in [4.78, 5) is 16.9. The highest BCUT2D eigenvalue weighted by Crippen LogP contribution is 2.37. The zero-order valence-corrected chi connectivity index (χ0v) is 31.3. The molecule has 56 heavy (non-hydrogen) atoms. The quantitative estimate of drug-likeness (QED) is 0.0347. The summed E-state index contributed by atoms with van der Waals surface area (Å²) >= 11 is 0. The van der Waals surface area contributed by atoms with Gasteiger partial charge in [0.2, 0.25) is 0 Å². The molecule has 0 aromatic rings. The van der Waals surface area contributed by atoms with E-state index in [1.165, 1.54) is 0 Å². The number of aliphatic imine (C=N–C) groups is 1. The van der Waals surface area contributed by atoms with Crippen LogP contribution in [0.15, 0.2) is 17.1 Å². The van der Waals surface area contributed by atoms with Crippen LogP contribution in [0.2, 0.25) is 0 Å². The third kappa shape index (κ3) is 11.0. The van der Waals surface area contributed by atoms with Crippen molar-refractivity contribution in [3.8, 4) is 0 Å². The number of Topliss-reactive ketones (excluding diaryl/α,β-unsaturated/α-hetero) is 1. The third-order valence-electron chi connectivity index (χ3n) is 11.2. The molecule has 5 rings (SSSR count). The lowest BCUT2D eigenvalue weighted by molar-refractivity contribution is -0.286. The third-order valence-corrected chi connectivity index (χ3v) is 11.2. The van der Waals surface area contributed by atoms with Crippen LogP contribution in [0, 0.1) is 11.8 Å². The number of nitrogens with one attached hydrogen (secondary N) is 1. The molecule has 0 aromatic carbocycles. The second-order valence-corrected chi connectivity index (χ2v) is 15.5. The number of hydrogen-bond acceptors (Lipinski definition) is 20. The van der Waals surface area contributed by atoms with Crippen LogP contribution in [-0.4, -0.2) is 185 Å². The standard InChI is InChI=1S/C34H63N9O13/c35-9-21-25(48)26(49)23(39)32(52-21)55-29-22(12-44)53-33(27(29)50)56-30-24(47)14(8-20(46)19(45)3-4-43-34(40)41)7-18(38)28(30)54-31-17(37)2-1-16(51-31)11-42-10-13-5-15(36)6-13/h1-2,13-19,21-33,42,44-45,47-50H,3-12,35-39H2,(H4,40,41,43)/t13?,14-,15?,16-,17+,18-,19-,21-,22+,23+,24-,25+,26+,27+,28+,29+,30+,31+,32+,33-/m0/s1. The summed E-state index contributed by atoms with van der Waals surface area (Å²) < 4.78 is 36.3. The van der Waals surface area contributed by atoms with Crippen molar-refractivity contribution < 1.29 is 63.9 Å². The molecule has 0 amide bonds. The Balaban J connectivity index is 1.31. The molecule has 22 heteroatoms. The minimum atomic E-state index is -1.65. The van der Waals surface area contributed by atoms with Crippen molar-refractivity contribution in [3.63, 3.8) is 0 Å². The van der Waals surface area contributed by atoms with E-state index in [2.05, 4.69) is 10.3 Å². The van der Waals surface area contributed by atoms with Crippen LogP contribution in [0.4, 0.5) is 0 Å². The first-order valence-corrected chi connectivity index (χ1v) is 19.2. The molecule has 322 valence electrons. The summed E-state index contributed by atoms with van der Waals surface area (Å²) in [7, 11) is 0. The van der Waals surface area contributed by atoms with Gasteiger partial charge in [-0.25, -0.2) is 0 Å². The molecule has 18 atom stereocenters. The van der Waals surface area contributed by atoms with E-state index in [9.17, 15) is 35.4 Å². The van der Waals surface area contributed by atoms with Gasteiger partial charge in [0.25, 0.3) is 0 Å². The molecule has 4 fully saturated rings. The number of ether oxygens (including phenoxy) is 6. The maximum Gasteiger partial charge on any atom is 0.187 e. The molecule has 5 aliphatic rings. The number of ketones is 1. The predicted octanol–water partition coefficient (Wildman–Crippen LogP) is -7.42. The Labute approximate surface area is 324 Å². The fraction of sp³-hybridized carbons (Fsp3) is 0.882. The molecule has 0 bridgehead atoms. The van der Waals surface area contributed by atoms with E-state index in [4.69, 9.17) is 68.6 Å². The maximum atomic E-state index is 13.1. The number of rotatable bonds is 18. The van der Waals surface area contributed by atoms with E-state index in [0.717, 1.165) is 19.4 Å². The lowest BCUT2D eigenvalue weighted by Crippen LogP contribution is -2.64. The lowest BCUT2D eigenvalue weighted by Gasteiger charge is -2.46. The van der Waals surface area contributed by atoms with Crippen molar-refractivity contribution in [2.75, 3.05) is 32.8 Å². The number of carbonyl (C=O) groups is 1. The second kappa shape index (κ2) is 20.3. The number of guanidine groups is 1. The first-order chi connectivity index (χ1) is 26.6. The Morgan fingerprint density at radius 2 is 1.50 bits per heavy atom. The van der Waals surface area contributed by atoms with E-state index in [1.807, 2.05) is 6.08 Å². The van der Waals surface area contributed by atoms with E-state index in [-0.39, 0.29) is 44.4 Å². The minimum absolute atomic E-state index is 0.000362. The number of hydrogen-bond donors (Lipinski definition) is 14. The molecule has 2 saturated carbocycles. The molecule has 3 heterocycles. The van der Waals surface area contributed by atoms with Gasteiger partial charge in [-0.2, -0.15) is 0 Å². The fourth-order valence-electron chi connectivity index (χ4n) is 7.88. The fourth-order valence-corrected chi connectivity index (χ4v) is 7.88. The summed E-state index contributed by atoms with van der Waals surface area (Å²) in [6.45, 7) is 0.387. The number of aliphatic hydroxyl groups is 6. The van der Waals surface area contributed by atoms with Crippen LogP contribution < -0.4 is 45.5 Å². The number of nitrogens with zero attached hydrogens (tertiary/aromatic N) is 1. The summed E-state index contributed by atoms with van der Waals surface area (Å²) in [5.74, 6) is -1.15. The minimum Gasteiger partial charge on any atom is -0.394 e. The molecular weight excluding hydrogens is 742 g/mol. The van der Waals surface area contributed by atoms with Crippen LogP contribution in [0.5, 0.6) is 0 Å². The van der Waals surface area contributed by atoms with Gasteiger partial charge in [-0.3, -0.25) is 9.79 Å². The van der Waals surface area contributed by atoms with Crippen LogP contribution in [0.3, 0.4) is 0 Å². The van der Waals surface area contributed by atoms with Crippen LogP contribution >= 0.6 is 0 Å². The van der Waals surface area contributed by atoms with Gasteiger partial charge in [-0.05, 0) is 37.6 Å². The molecule has 0 aromatic heterocycles. The molecular formula is C34H63N9O13. The zero-order chi connectivity index (χ0) is 40.8. The Hall–Kier alpha value is -2.04. The molecule has 2 saturated heterocycles. The lowest BCUT2D eigenvalue weighted by atomic mass is 9.76. The van der Waals surface area contributed by atoms with Crippen LogP contribution in [-0.2, 0) is 33.2 Å². The molecule has 3 aliphatic heterocycles. The van der Waals surface area contributed by atoms with Gasteiger partial charge < -0.3 is 105 Å². The van der Waals surface area contributed by atoms with Gasteiger partial charge in [-0.1, -0.05) is 12.2 Å². The average molecular weight is 806 g/mol. The number of carbonyl (C=O) groups excluding carboxylic acids is 1. The van der Waals surface area contributed by atoms with Crippen molar-refractivity contribution in [2.45, 2.75) is 142 Å². The number of aliphatic hydroxyl groups excluding tert-OH is 6. The SMILES string of the molecule is NC[C@@H]1O[C@H](O[C@H]2[C@@H](O)[C@H](O[C@@H]3[C@@H](O)[C@H](CC(=O)[C@@H](O)CCN=C(N)N)C[C@H](N)[C@H]3O[C@H]3O[C@H](CNCC4CC(N)C4)C=C[C@H]3N)O[C@@H]2CO)[C@H](N)[C@@H](O)[C@@H]1O. The molecule has 22 nitrogen and oxygen atoms in total.